The summed E-state index contributed by atoms with van der Waals surface area (Å²) in [5, 5.41) is 5.70. The van der Waals surface area contributed by atoms with Gasteiger partial charge in [0, 0.05) is 11.4 Å². The molecule has 2 N–H and O–H groups in total. The zero-order valence-electron chi connectivity index (χ0n) is 14.4. The van der Waals surface area contributed by atoms with E-state index in [-0.39, 0.29) is 5.69 Å². The van der Waals surface area contributed by atoms with Crippen molar-refractivity contribution in [2.24, 2.45) is 0 Å². The van der Waals surface area contributed by atoms with Crippen LogP contribution in [0.25, 0.3) is 0 Å². The van der Waals surface area contributed by atoms with Crippen LogP contribution in [0.2, 0.25) is 0 Å². The molecule has 3 rings (SSSR count). The van der Waals surface area contributed by atoms with Gasteiger partial charge in [-0.3, -0.25) is 4.79 Å². The van der Waals surface area contributed by atoms with Gasteiger partial charge in [0.15, 0.2) is 0 Å². The Morgan fingerprint density at radius 1 is 0.963 bits per heavy atom. The van der Waals surface area contributed by atoms with E-state index in [0.717, 1.165) is 5.69 Å². The molecule has 1 amide bonds. The van der Waals surface area contributed by atoms with E-state index in [1.807, 2.05) is 0 Å². The Morgan fingerprint density at radius 3 is 2.33 bits per heavy atom. The minimum Gasteiger partial charge on any atom is -0.465 e. The first-order valence-corrected chi connectivity index (χ1v) is 8.03. The number of pyridine rings is 1. The molecule has 7 heteroatoms. The van der Waals surface area contributed by atoms with Crippen molar-refractivity contribution in [3.8, 4) is 0 Å². The number of esters is 1. The van der Waals surface area contributed by atoms with Gasteiger partial charge in [0.2, 0.25) is 0 Å². The fourth-order valence-electron chi connectivity index (χ4n) is 2.34. The van der Waals surface area contributed by atoms with Crippen molar-refractivity contribution in [3.63, 3.8) is 0 Å². The predicted octanol–water partition coefficient (Wildman–Crippen LogP) is 4.00. The number of benzene rings is 2. The lowest BCUT2D eigenvalue weighted by atomic mass is 10.2. The molecule has 0 aliphatic heterocycles. The summed E-state index contributed by atoms with van der Waals surface area (Å²) < 4.78 is 17.8. The second kappa shape index (κ2) is 8.09. The fourth-order valence-corrected chi connectivity index (χ4v) is 2.34. The zero-order valence-corrected chi connectivity index (χ0v) is 14.4. The topological polar surface area (TPSA) is 80.3 Å². The molecule has 0 bridgehead atoms. The Balaban J connectivity index is 1.64. The minimum absolute atomic E-state index is 0.200. The smallest absolute Gasteiger partial charge is 0.337 e. The Labute approximate surface area is 155 Å². The molecule has 0 aliphatic rings. The molecule has 136 valence electrons. The molecule has 1 aromatic heterocycles. The van der Waals surface area contributed by atoms with Crippen molar-refractivity contribution >= 4 is 28.9 Å². The quantitative estimate of drug-likeness (QED) is 0.668. The van der Waals surface area contributed by atoms with Crippen LogP contribution in [0.1, 0.15) is 20.8 Å². The average Bonchev–Trinajstić information content (AvgIpc) is 2.68. The lowest BCUT2D eigenvalue weighted by molar-refractivity contribution is 0.0600. The maximum atomic E-state index is 13.2. The molecule has 0 aliphatic carbocycles. The second-order valence-corrected chi connectivity index (χ2v) is 5.59. The van der Waals surface area contributed by atoms with Crippen LogP contribution >= 0.6 is 0 Å². The van der Waals surface area contributed by atoms with Crippen LogP contribution in [-0.4, -0.2) is 24.0 Å². The first kappa shape index (κ1) is 18.1. The number of hydrogen-bond donors (Lipinski definition) is 2. The molecule has 0 atom stereocenters. The maximum absolute atomic E-state index is 13.2. The largest absolute Gasteiger partial charge is 0.465 e. The van der Waals surface area contributed by atoms with Gasteiger partial charge in [-0.25, -0.2) is 14.2 Å². The summed E-state index contributed by atoms with van der Waals surface area (Å²) in [5.74, 6) is -1.27. The minimum atomic E-state index is -0.436. The molecule has 27 heavy (non-hydrogen) atoms. The number of carbonyl (C=O) groups is 2. The molecular weight excluding hydrogens is 349 g/mol. The van der Waals surface area contributed by atoms with Gasteiger partial charge < -0.3 is 15.4 Å². The molecule has 6 nitrogen and oxygen atoms in total. The second-order valence-electron chi connectivity index (χ2n) is 5.59. The summed E-state index contributed by atoms with van der Waals surface area (Å²) >= 11 is 0. The maximum Gasteiger partial charge on any atom is 0.337 e. The highest BCUT2D eigenvalue weighted by Crippen LogP contribution is 2.17. The number of hydrogen-bond acceptors (Lipinski definition) is 5. The number of ether oxygens (including phenoxy) is 1. The molecule has 0 fully saturated rings. The normalized spacial score (nSPS) is 10.1. The molecule has 0 unspecified atom stereocenters. The van der Waals surface area contributed by atoms with Crippen molar-refractivity contribution in [3.05, 3.63) is 83.9 Å². The third-order valence-corrected chi connectivity index (χ3v) is 3.67. The molecule has 3 aromatic rings. The lowest BCUT2D eigenvalue weighted by Crippen LogP contribution is -2.13. The summed E-state index contributed by atoms with van der Waals surface area (Å²) in [6.45, 7) is 0. The number of nitrogens with zero attached hydrogens (tertiary/aromatic N) is 1. The van der Waals surface area contributed by atoms with Gasteiger partial charge in [0.25, 0.3) is 5.91 Å². The first-order chi connectivity index (χ1) is 13.0. The molecule has 1 heterocycles. The number of methoxy groups -OCH3 is 1. The summed E-state index contributed by atoms with van der Waals surface area (Å²) in [7, 11) is 1.33. The molecule has 0 saturated heterocycles. The molecule has 0 radical (unpaired) electrons. The molecular formula is C20H16FN3O3. The summed E-state index contributed by atoms with van der Waals surface area (Å²) in [5.41, 5.74) is 2.43. The summed E-state index contributed by atoms with van der Waals surface area (Å²) in [6.07, 6.45) is 1.51. The van der Waals surface area contributed by atoms with Crippen LogP contribution in [0.4, 0.5) is 21.5 Å². The van der Waals surface area contributed by atoms with Crippen molar-refractivity contribution in [1.82, 2.24) is 4.98 Å². The summed E-state index contributed by atoms with van der Waals surface area (Å²) in [6, 6.07) is 15.6. The number of rotatable bonds is 5. The van der Waals surface area contributed by atoms with Gasteiger partial charge in [-0.2, -0.15) is 0 Å². The van der Waals surface area contributed by atoms with Crippen LogP contribution in [0, 0.1) is 5.82 Å². The standard InChI is InChI=1S/C20H16FN3O3/c1-27-20(26)13-5-7-15(8-6-13)23-17-9-10-18(22-12-17)19(25)24-16-4-2-3-14(21)11-16/h2-12,23H,1H3,(H,24,25). The number of anilines is 3. The SMILES string of the molecule is COC(=O)c1ccc(Nc2ccc(C(=O)Nc3cccc(F)c3)nc2)cc1. The van der Waals surface area contributed by atoms with Crippen LogP contribution in [0.15, 0.2) is 66.9 Å². The number of halogens is 1. The van der Waals surface area contributed by atoms with Crippen LogP contribution < -0.4 is 10.6 Å². The van der Waals surface area contributed by atoms with Gasteiger partial charge in [0.1, 0.15) is 11.5 Å². The number of aromatic nitrogens is 1. The van der Waals surface area contributed by atoms with E-state index < -0.39 is 17.7 Å². The van der Waals surface area contributed by atoms with E-state index in [0.29, 0.717) is 16.9 Å². The van der Waals surface area contributed by atoms with Crippen molar-refractivity contribution in [2.75, 3.05) is 17.7 Å². The van der Waals surface area contributed by atoms with Crippen molar-refractivity contribution in [2.45, 2.75) is 0 Å². The highest BCUT2D eigenvalue weighted by Gasteiger charge is 2.09. The van der Waals surface area contributed by atoms with Gasteiger partial charge in [-0.05, 0) is 54.6 Å². The molecule has 2 aromatic carbocycles. The van der Waals surface area contributed by atoms with Crippen molar-refractivity contribution in [1.29, 1.82) is 0 Å². The van der Waals surface area contributed by atoms with E-state index in [2.05, 4.69) is 20.4 Å². The van der Waals surface area contributed by atoms with E-state index in [4.69, 9.17) is 0 Å². The molecule has 0 saturated carbocycles. The zero-order chi connectivity index (χ0) is 19.2. The van der Waals surface area contributed by atoms with Gasteiger partial charge in [-0.1, -0.05) is 6.07 Å². The number of carbonyl (C=O) groups excluding carboxylic acids is 2. The van der Waals surface area contributed by atoms with E-state index in [9.17, 15) is 14.0 Å². The lowest BCUT2D eigenvalue weighted by Gasteiger charge is -2.08. The monoisotopic (exact) mass is 365 g/mol. The van der Waals surface area contributed by atoms with Crippen molar-refractivity contribution < 1.29 is 18.7 Å². The Bertz CT molecular complexity index is 957. The number of amides is 1. The highest BCUT2D eigenvalue weighted by atomic mass is 19.1. The average molecular weight is 365 g/mol. The van der Waals surface area contributed by atoms with Gasteiger partial charge in [-0.15, -0.1) is 0 Å². The van der Waals surface area contributed by atoms with E-state index in [1.54, 1.807) is 42.5 Å². The van der Waals surface area contributed by atoms with Crippen LogP contribution in [0.5, 0.6) is 0 Å². The molecule has 0 spiro atoms. The van der Waals surface area contributed by atoms with Crippen LogP contribution in [-0.2, 0) is 4.74 Å². The Kier molecular flexibility index (Phi) is 5.41. The predicted molar refractivity (Wildman–Crippen MR) is 99.7 cm³/mol. The van der Waals surface area contributed by atoms with Gasteiger partial charge in [0.05, 0.1) is 24.6 Å². The summed E-state index contributed by atoms with van der Waals surface area (Å²) in [4.78, 5) is 27.7. The Morgan fingerprint density at radius 2 is 1.70 bits per heavy atom. The van der Waals surface area contributed by atoms with Crippen LogP contribution in [0.3, 0.4) is 0 Å². The Hall–Kier alpha value is -3.74. The fraction of sp³-hybridized carbons (Fsp3) is 0.0500. The van der Waals surface area contributed by atoms with E-state index >= 15 is 0 Å². The third kappa shape index (κ3) is 4.66. The first-order valence-electron chi connectivity index (χ1n) is 8.03. The highest BCUT2D eigenvalue weighted by molar-refractivity contribution is 6.03. The third-order valence-electron chi connectivity index (χ3n) is 3.67. The van der Waals surface area contributed by atoms with E-state index in [1.165, 1.54) is 31.5 Å². The number of nitrogens with one attached hydrogen (secondary N) is 2. The van der Waals surface area contributed by atoms with Gasteiger partial charge >= 0.3 is 5.97 Å².